The molecule has 3 N–H and O–H groups in total. The van der Waals surface area contributed by atoms with Gasteiger partial charge < -0.3 is 20.1 Å². The number of allylic oxidation sites excluding steroid dienone is 5. The van der Waals surface area contributed by atoms with Gasteiger partial charge >= 0.3 is 5.97 Å². The zero-order valence-electron chi connectivity index (χ0n) is 22.8. The van der Waals surface area contributed by atoms with Crippen LogP contribution in [0.4, 0.5) is 0 Å². The second-order valence-electron chi connectivity index (χ2n) is 10.6. The fourth-order valence-corrected chi connectivity index (χ4v) is 4.34. The number of carboxylic acid groups (broad SMARTS) is 1. The third-order valence-corrected chi connectivity index (χ3v) is 6.57. The largest absolute Gasteiger partial charge is 0.481 e. The van der Waals surface area contributed by atoms with E-state index in [2.05, 4.69) is 58.9 Å². The van der Waals surface area contributed by atoms with Crippen molar-refractivity contribution in [2.24, 2.45) is 17.8 Å². The second kappa shape index (κ2) is 17.9. The summed E-state index contributed by atoms with van der Waals surface area (Å²) in [5, 5.41) is 28.9. The first kappa shape index (κ1) is 32.6. The van der Waals surface area contributed by atoms with Crippen LogP contribution in [0.3, 0.4) is 0 Å². The molecule has 0 spiro atoms. The predicted octanol–water partition coefficient (Wildman–Crippen LogP) is 6.70. The Morgan fingerprint density at radius 2 is 1.74 bits per heavy atom. The molecule has 0 amide bonds. The highest BCUT2D eigenvalue weighted by Crippen LogP contribution is 2.22. The van der Waals surface area contributed by atoms with E-state index in [1.54, 1.807) is 6.92 Å². The lowest BCUT2D eigenvalue weighted by molar-refractivity contribution is -0.139. The lowest BCUT2D eigenvalue weighted by Crippen LogP contribution is -2.26. The van der Waals surface area contributed by atoms with E-state index >= 15 is 0 Å². The maximum atomic E-state index is 10.6. The van der Waals surface area contributed by atoms with Gasteiger partial charge in [-0.2, -0.15) is 0 Å². The van der Waals surface area contributed by atoms with Crippen molar-refractivity contribution in [3.8, 4) is 0 Å². The summed E-state index contributed by atoms with van der Waals surface area (Å²) in [5.74, 6) is 0.512. The predicted molar refractivity (Wildman–Crippen MR) is 142 cm³/mol. The number of aliphatic hydroxyl groups excluding tert-OH is 1. The quantitative estimate of drug-likeness (QED) is 0.141. The van der Waals surface area contributed by atoms with Crippen LogP contribution < -0.4 is 0 Å². The van der Waals surface area contributed by atoms with E-state index in [1.165, 1.54) is 24.8 Å². The summed E-state index contributed by atoms with van der Waals surface area (Å²) in [7, 11) is 1.81. The summed E-state index contributed by atoms with van der Waals surface area (Å²) >= 11 is 0. The maximum absolute atomic E-state index is 10.6. The van der Waals surface area contributed by atoms with E-state index < -0.39 is 17.7 Å². The standard InChI is InChI=1S/C29H52O5/c1-8-27(34-7)25(5)16-10-13-22(2)12-9-14-23(3)20-24(4)15-11-18-29(6,33)19-17-26(30)21-28(31)32/h9,11-12,14-15,22,24-27,30,33H,8,10,13,16-21H2,1-7H3,(H,31,32)/b12-9+,15-11+,23-14+/t22-,24+,25+,26-,27+,29+/m1/s1. The molecule has 0 radical (unpaired) electrons. The van der Waals surface area contributed by atoms with Gasteiger partial charge in [-0.1, -0.05) is 70.1 Å². The van der Waals surface area contributed by atoms with Crippen LogP contribution >= 0.6 is 0 Å². The van der Waals surface area contributed by atoms with Crippen molar-refractivity contribution < 1.29 is 24.9 Å². The zero-order valence-corrected chi connectivity index (χ0v) is 22.8. The molecule has 0 saturated heterocycles. The molecule has 0 bridgehead atoms. The molecule has 0 aliphatic carbocycles. The van der Waals surface area contributed by atoms with Crippen LogP contribution in [0.1, 0.15) is 99.3 Å². The molecule has 0 saturated carbocycles. The van der Waals surface area contributed by atoms with Gasteiger partial charge in [0.2, 0.25) is 0 Å². The summed E-state index contributed by atoms with van der Waals surface area (Å²) in [5.41, 5.74) is 0.377. The van der Waals surface area contributed by atoms with Crippen LogP contribution in [0.2, 0.25) is 0 Å². The molecule has 0 aromatic heterocycles. The van der Waals surface area contributed by atoms with Crippen LogP contribution in [-0.4, -0.2) is 46.2 Å². The highest BCUT2D eigenvalue weighted by Gasteiger charge is 2.21. The van der Waals surface area contributed by atoms with Gasteiger partial charge in [0.05, 0.1) is 24.2 Å². The Kier molecular flexibility index (Phi) is 17.2. The van der Waals surface area contributed by atoms with Gasteiger partial charge in [0, 0.05) is 7.11 Å². The van der Waals surface area contributed by atoms with Crippen molar-refractivity contribution >= 4 is 5.97 Å². The average molecular weight is 481 g/mol. The smallest absolute Gasteiger partial charge is 0.305 e. The number of carboxylic acids is 1. The summed E-state index contributed by atoms with van der Waals surface area (Å²) in [4.78, 5) is 10.6. The molecule has 0 heterocycles. The number of aliphatic carboxylic acids is 1. The van der Waals surface area contributed by atoms with Gasteiger partial charge in [0.15, 0.2) is 0 Å². The van der Waals surface area contributed by atoms with Crippen molar-refractivity contribution in [2.75, 3.05) is 7.11 Å². The van der Waals surface area contributed by atoms with E-state index in [0.717, 1.165) is 12.8 Å². The third-order valence-electron chi connectivity index (χ3n) is 6.57. The first-order valence-corrected chi connectivity index (χ1v) is 13.1. The van der Waals surface area contributed by atoms with Gasteiger partial charge in [-0.3, -0.25) is 4.79 Å². The van der Waals surface area contributed by atoms with Crippen molar-refractivity contribution in [1.29, 1.82) is 0 Å². The highest BCUT2D eigenvalue weighted by molar-refractivity contribution is 5.67. The molecule has 5 heteroatoms. The molecule has 5 nitrogen and oxygen atoms in total. The molecule has 0 aromatic carbocycles. The van der Waals surface area contributed by atoms with Crippen molar-refractivity contribution in [2.45, 2.75) is 117 Å². The fourth-order valence-electron chi connectivity index (χ4n) is 4.34. The van der Waals surface area contributed by atoms with Crippen LogP contribution in [0.5, 0.6) is 0 Å². The first-order chi connectivity index (χ1) is 15.9. The lowest BCUT2D eigenvalue weighted by Gasteiger charge is -2.23. The lowest BCUT2D eigenvalue weighted by atomic mass is 9.92. The third kappa shape index (κ3) is 17.1. The van der Waals surface area contributed by atoms with Crippen LogP contribution in [-0.2, 0) is 9.53 Å². The van der Waals surface area contributed by atoms with E-state index in [0.29, 0.717) is 36.7 Å². The van der Waals surface area contributed by atoms with E-state index in [9.17, 15) is 15.0 Å². The van der Waals surface area contributed by atoms with E-state index in [1.807, 2.05) is 13.2 Å². The minimum absolute atomic E-state index is 0.279. The molecule has 0 unspecified atom stereocenters. The first-order valence-electron chi connectivity index (χ1n) is 13.1. The molecule has 0 aliphatic rings. The Hall–Kier alpha value is -1.43. The average Bonchev–Trinajstić information content (AvgIpc) is 2.72. The minimum atomic E-state index is -1.02. The molecule has 0 aliphatic heterocycles. The second-order valence-corrected chi connectivity index (χ2v) is 10.6. The summed E-state index contributed by atoms with van der Waals surface area (Å²) in [6.45, 7) is 12.8. The Morgan fingerprint density at radius 1 is 1.06 bits per heavy atom. The molecule has 0 aromatic rings. The summed E-state index contributed by atoms with van der Waals surface area (Å²) < 4.78 is 5.55. The Bertz CT molecular complexity index is 630. The van der Waals surface area contributed by atoms with Gasteiger partial charge in [-0.25, -0.2) is 0 Å². The number of carbonyl (C=O) groups is 1. The van der Waals surface area contributed by atoms with Gasteiger partial charge in [-0.15, -0.1) is 0 Å². The molecule has 34 heavy (non-hydrogen) atoms. The van der Waals surface area contributed by atoms with Gasteiger partial charge in [-0.05, 0) is 76.5 Å². The minimum Gasteiger partial charge on any atom is -0.481 e. The van der Waals surface area contributed by atoms with Crippen molar-refractivity contribution in [3.63, 3.8) is 0 Å². The molecule has 198 valence electrons. The number of hydrogen-bond acceptors (Lipinski definition) is 4. The molecule has 0 fully saturated rings. The van der Waals surface area contributed by atoms with Gasteiger partial charge in [0.1, 0.15) is 0 Å². The Morgan fingerprint density at radius 3 is 2.32 bits per heavy atom. The van der Waals surface area contributed by atoms with Crippen LogP contribution in [0.25, 0.3) is 0 Å². The van der Waals surface area contributed by atoms with E-state index in [4.69, 9.17) is 9.84 Å². The van der Waals surface area contributed by atoms with Crippen LogP contribution in [0.15, 0.2) is 36.0 Å². The molecular weight excluding hydrogens is 428 g/mol. The number of methoxy groups -OCH3 is 1. The molecule has 6 atom stereocenters. The van der Waals surface area contributed by atoms with E-state index in [-0.39, 0.29) is 12.8 Å². The Labute approximate surface area is 209 Å². The van der Waals surface area contributed by atoms with Crippen molar-refractivity contribution in [1.82, 2.24) is 0 Å². The van der Waals surface area contributed by atoms with Crippen molar-refractivity contribution in [3.05, 3.63) is 36.0 Å². The number of ether oxygens (including phenoxy) is 1. The normalized spacial score (nSPS) is 19.1. The van der Waals surface area contributed by atoms with Gasteiger partial charge in [0.25, 0.3) is 0 Å². The monoisotopic (exact) mass is 480 g/mol. The SMILES string of the molecule is CC[C@H](OC)[C@@H](C)CCC[C@H](C)/C=C/C=C(\C)C[C@@H](C)/C=C/C[C@](C)(O)CC[C@@H](O)CC(=O)O. The summed E-state index contributed by atoms with van der Waals surface area (Å²) in [6.07, 6.45) is 16.7. The molecule has 0 rings (SSSR count). The Balaban J connectivity index is 4.32. The number of hydrogen-bond donors (Lipinski definition) is 3. The topological polar surface area (TPSA) is 87.0 Å². The zero-order chi connectivity index (χ0) is 26.1. The maximum Gasteiger partial charge on any atom is 0.305 e. The number of rotatable bonds is 19. The van der Waals surface area contributed by atoms with Crippen LogP contribution in [0, 0.1) is 17.8 Å². The number of aliphatic hydroxyl groups is 2. The summed E-state index contributed by atoms with van der Waals surface area (Å²) in [6, 6.07) is 0. The highest BCUT2D eigenvalue weighted by atomic mass is 16.5. The fraction of sp³-hybridized carbons (Fsp3) is 0.759. The molecular formula is C29H52O5.